The molecule has 0 saturated carbocycles. The van der Waals surface area contributed by atoms with Gasteiger partial charge in [0.25, 0.3) is 0 Å². The lowest BCUT2D eigenvalue weighted by Gasteiger charge is -2.32. The van der Waals surface area contributed by atoms with Crippen molar-refractivity contribution in [3.05, 3.63) is 29.8 Å². The first-order chi connectivity index (χ1) is 15.1. The first kappa shape index (κ1) is 21.7. The van der Waals surface area contributed by atoms with E-state index in [-0.39, 0.29) is 23.5 Å². The highest BCUT2D eigenvalue weighted by molar-refractivity contribution is 5.78. The highest BCUT2D eigenvalue weighted by Crippen LogP contribution is 2.21. The minimum atomic E-state index is -0.310. The highest BCUT2D eigenvalue weighted by Gasteiger charge is 2.25. The number of amides is 2. The van der Waals surface area contributed by atoms with Crippen molar-refractivity contribution in [1.29, 1.82) is 0 Å². The lowest BCUT2D eigenvalue weighted by atomic mass is 9.93. The number of carbonyl (C=O) groups is 2. The van der Waals surface area contributed by atoms with Crippen LogP contribution in [-0.4, -0.2) is 59.5 Å². The smallest absolute Gasteiger partial charge is 0.223 e. The van der Waals surface area contributed by atoms with Crippen LogP contribution in [0.25, 0.3) is 11.0 Å². The summed E-state index contributed by atoms with van der Waals surface area (Å²) < 4.78 is 18.7. The molecule has 2 aliphatic rings. The van der Waals surface area contributed by atoms with E-state index in [1.807, 2.05) is 4.90 Å². The van der Waals surface area contributed by atoms with Crippen molar-refractivity contribution >= 4 is 22.8 Å². The van der Waals surface area contributed by atoms with Crippen LogP contribution in [0.3, 0.4) is 0 Å². The molecule has 31 heavy (non-hydrogen) atoms. The molecule has 1 aromatic carbocycles. The van der Waals surface area contributed by atoms with Crippen molar-refractivity contribution in [2.75, 3.05) is 32.8 Å². The van der Waals surface area contributed by atoms with E-state index in [1.54, 1.807) is 6.07 Å². The quantitative estimate of drug-likeness (QED) is 0.707. The largest absolute Gasteiger partial charge is 0.381 e. The van der Waals surface area contributed by atoms with Crippen LogP contribution in [0.1, 0.15) is 44.3 Å². The molecule has 2 saturated heterocycles. The Labute approximate surface area is 181 Å². The Hall–Kier alpha value is -2.48. The fraction of sp³-hybridized carbons (Fsp3) is 0.609. The van der Waals surface area contributed by atoms with E-state index in [1.165, 1.54) is 12.1 Å². The van der Waals surface area contributed by atoms with Gasteiger partial charge in [0, 0.05) is 52.1 Å². The molecule has 2 aromatic rings. The van der Waals surface area contributed by atoms with Gasteiger partial charge in [-0.05, 0) is 55.7 Å². The second kappa shape index (κ2) is 10.2. The molecular formula is C23H31FN4O3. The number of halogens is 1. The number of rotatable bonds is 7. The summed E-state index contributed by atoms with van der Waals surface area (Å²) in [6, 6.07) is 4.43. The molecule has 3 heterocycles. The zero-order chi connectivity index (χ0) is 21.6. The van der Waals surface area contributed by atoms with Gasteiger partial charge in [-0.15, -0.1) is 0 Å². The van der Waals surface area contributed by atoms with Crippen molar-refractivity contribution in [2.24, 2.45) is 11.8 Å². The van der Waals surface area contributed by atoms with E-state index in [0.717, 1.165) is 52.0 Å². The van der Waals surface area contributed by atoms with Gasteiger partial charge in [-0.1, -0.05) is 0 Å². The first-order valence-corrected chi connectivity index (χ1v) is 11.3. The number of aromatic nitrogens is 2. The summed E-state index contributed by atoms with van der Waals surface area (Å²) in [5.74, 6) is 1.27. The number of hydrogen-bond acceptors (Lipinski definition) is 4. The fourth-order valence-electron chi connectivity index (χ4n) is 4.54. The number of aromatic amines is 1. The Kier molecular flexibility index (Phi) is 7.17. The van der Waals surface area contributed by atoms with Gasteiger partial charge >= 0.3 is 0 Å². The number of carbonyl (C=O) groups excluding carboxylic acids is 2. The Morgan fingerprint density at radius 2 is 2.06 bits per heavy atom. The molecule has 2 amide bonds. The van der Waals surface area contributed by atoms with Crippen molar-refractivity contribution in [1.82, 2.24) is 20.2 Å². The van der Waals surface area contributed by atoms with Gasteiger partial charge in [0.05, 0.1) is 11.0 Å². The number of benzene rings is 1. The fourth-order valence-corrected chi connectivity index (χ4v) is 4.54. The molecule has 4 rings (SSSR count). The third-order valence-electron chi connectivity index (χ3n) is 6.34. The van der Waals surface area contributed by atoms with E-state index in [4.69, 9.17) is 4.74 Å². The van der Waals surface area contributed by atoms with Crippen LogP contribution >= 0.6 is 0 Å². The molecule has 1 aromatic heterocycles. The van der Waals surface area contributed by atoms with Crippen molar-refractivity contribution < 1.29 is 18.7 Å². The average Bonchev–Trinajstić information content (AvgIpc) is 3.19. The van der Waals surface area contributed by atoms with E-state index in [0.29, 0.717) is 48.6 Å². The summed E-state index contributed by atoms with van der Waals surface area (Å²) in [4.78, 5) is 34.5. The molecular weight excluding hydrogens is 399 g/mol. The maximum atomic E-state index is 13.3. The molecule has 0 bridgehead atoms. The summed E-state index contributed by atoms with van der Waals surface area (Å²) in [6.07, 6.45) is 5.23. The van der Waals surface area contributed by atoms with Gasteiger partial charge in [0.15, 0.2) is 0 Å². The second-order valence-electron chi connectivity index (χ2n) is 8.76. The van der Waals surface area contributed by atoms with Crippen LogP contribution in [0.5, 0.6) is 0 Å². The number of fused-ring (bicyclic) bond motifs is 1. The first-order valence-electron chi connectivity index (χ1n) is 11.3. The molecule has 0 spiro atoms. The lowest BCUT2D eigenvalue weighted by Crippen LogP contribution is -2.42. The standard InChI is InChI=1S/C23H31FN4O3/c24-18-3-4-19-20(13-18)27-21(26-19)5-6-23(30)28-9-1-2-17(15-28)12-22(29)25-14-16-7-10-31-11-8-16/h3-4,13,16-17H,1-2,5-12,14-15H2,(H,25,29)(H,26,27). The molecule has 8 heteroatoms. The van der Waals surface area contributed by atoms with Crippen molar-refractivity contribution in [3.63, 3.8) is 0 Å². The molecule has 7 nitrogen and oxygen atoms in total. The zero-order valence-corrected chi connectivity index (χ0v) is 17.9. The van der Waals surface area contributed by atoms with E-state index in [9.17, 15) is 14.0 Å². The molecule has 2 N–H and O–H groups in total. The maximum absolute atomic E-state index is 13.3. The SMILES string of the molecule is O=C(CC1CCCN(C(=O)CCc2nc3ccc(F)cc3[nH]2)C1)NCC1CCOCC1. The maximum Gasteiger partial charge on any atom is 0.223 e. The van der Waals surface area contributed by atoms with Crippen LogP contribution in [0, 0.1) is 17.7 Å². The Morgan fingerprint density at radius 3 is 2.90 bits per heavy atom. The van der Waals surface area contributed by atoms with Crippen LogP contribution in [0.4, 0.5) is 4.39 Å². The highest BCUT2D eigenvalue weighted by atomic mass is 19.1. The van der Waals surface area contributed by atoms with Crippen LogP contribution in [0.2, 0.25) is 0 Å². The van der Waals surface area contributed by atoms with Crippen LogP contribution in [0.15, 0.2) is 18.2 Å². The van der Waals surface area contributed by atoms with Gasteiger partial charge in [-0.25, -0.2) is 9.37 Å². The molecule has 1 unspecified atom stereocenters. The van der Waals surface area contributed by atoms with Gasteiger partial charge in [-0.2, -0.15) is 0 Å². The number of hydrogen-bond donors (Lipinski definition) is 2. The number of piperidine rings is 1. The second-order valence-corrected chi connectivity index (χ2v) is 8.76. The summed E-state index contributed by atoms with van der Waals surface area (Å²) in [7, 11) is 0. The number of likely N-dealkylation sites (tertiary alicyclic amines) is 1. The van der Waals surface area contributed by atoms with Crippen molar-refractivity contribution in [3.8, 4) is 0 Å². The lowest BCUT2D eigenvalue weighted by molar-refractivity contribution is -0.134. The van der Waals surface area contributed by atoms with Gasteiger partial charge < -0.3 is 19.9 Å². The number of nitrogens with one attached hydrogen (secondary N) is 2. The number of ether oxygens (including phenoxy) is 1. The van der Waals surface area contributed by atoms with Crippen LogP contribution in [-0.2, 0) is 20.7 Å². The summed E-state index contributed by atoms with van der Waals surface area (Å²) in [5, 5.41) is 3.07. The van der Waals surface area contributed by atoms with Gasteiger partial charge in [0.1, 0.15) is 11.6 Å². The molecule has 2 aliphatic heterocycles. The predicted octanol–water partition coefficient (Wildman–Crippen LogP) is 2.81. The normalized spacial score (nSPS) is 20.2. The average molecular weight is 431 g/mol. The molecule has 1 atom stereocenters. The Morgan fingerprint density at radius 1 is 1.23 bits per heavy atom. The minimum Gasteiger partial charge on any atom is -0.381 e. The van der Waals surface area contributed by atoms with E-state index in [2.05, 4.69) is 15.3 Å². The monoisotopic (exact) mass is 430 g/mol. The number of H-pyrrole nitrogens is 1. The number of nitrogens with zero attached hydrogens (tertiary/aromatic N) is 2. The molecule has 0 radical (unpaired) electrons. The zero-order valence-electron chi connectivity index (χ0n) is 17.9. The summed E-state index contributed by atoms with van der Waals surface area (Å²) in [5.41, 5.74) is 1.35. The predicted molar refractivity (Wildman–Crippen MR) is 115 cm³/mol. The number of imidazole rings is 1. The summed E-state index contributed by atoms with van der Waals surface area (Å²) >= 11 is 0. The molecule has 2 fully saturated rings. The van der Waals surface area contributed by atoms with Gasteiger partial charge in [0.2, 0.25) is 11.8 Å². The topological polar surface area (TPSA) is 87.3 Å². The molecule has 0 aliphatic carbocycles. The van der Waals surface area contributed by atoms with E-state index >= 15 is 0 Å². The van der Waals surface area contributed by atoms with E-state index < -0.39 is 0 Å². The number of aryl methyl sites for hydroxylation is 1. The van der Waals surface area contributed by atoms with Gasteiger partial charge in [-0.3, -0.25) is 9.59 Å². The minimum absolute atomic E-state index is 0.0824. The Balaban J connectivity index is 1.21. The summed E-state index contributed by atoms with van der Waals surface area (Å²) in [6.45, 7) is 3.66. The third kappa shape index (κ3) is 6.03. The third-order valence-corrected chi connectivity index (χ3v) is 6.34. The Bertz CT molecular complexity index is 909. The van der Waals surface area contributed by atoms with Crippen LogP contribution < -0.4 is 5.32 Å². The van der Waals surface area contributed by atoms with Crippen molar-refractivity contribution in [2.45, 2.75) is 44.9 Å². The molecule has 168 valence electrons.